The highest BCUT2D eigenvalue weighted by atomic mass is 16.5. The molecule has 0 fully saturated rings. The van der Waals surface area contributed by atoms with E-state index in [-0.39, 0.29) is 6.61 Å². The summed E-state index contributed by atoms with van der Waals surface area (Å²) in [5.41, 5.74) is 1.34. The Balaban J connectivity index is 3.82. The number of hydrogen-bond acceptors (Lipinski definition) is 6. The van der Waals surface area contributed by atoms with Gasteiger partial charge in [-0.1, -0.05) is 84.3 Å². The van der Waals surface area contributed by atoms with E-state index in [0.29, 0.717) is 6.61 Å². The fourth-order valence-corrected chi connectivity index (χ4v) is 4.06. The van der Waals surface area contributed by atoms with E-state index < -0.39 is 31.0 Å². The van der Waals surface area contributed by atoms with Gasteiger partial charge in [-0.3, -0.25) is 0 Å². The van der Waals surface area contributed by atoms with Gasteiger partial charge in [-0.25, -0.2) is 0 Å². The third-order valence-corrected chi connectivity index (χ3v) is 6.51. The molecule has 0 amide bonds. The van der Waals surface area contributed by atoms with Crippen LogP contribution >= 0.6 is 0 Å². The van der Waals surface area contributed by atoms with Crippen molar-refractivity contribution in [1.29, 1.82) is 0 Å². The third-order valence-electron chi connectivity index (χ3n) is 6.51. The van der Waals surface area contributed by atoms with Crippen LogP contribution < -0.4 is 0 Å². The lowest BCUT2D eigenvalue weighted by Gasteiger charge is -2.25. The minimum atomic E-state index is -1.61. The summed E-state index contributed by atoms with van der Waals surface area (Å²) in [5, 5.41) is 47.2. The van der Waals surface area contributed by atoms with Crippen molar-refractivity contribution in [3.05, 3.63) is 11.6 Å². The lowest BCUT2D eigenvalue weighted by Crippen LogP contribution is -2.47. The van der Waals surface area contributed by atoms with E-state index in [1.54, 1.807) is 0 Å². The lowest BCUT2D eigenvalue weighted by molar-refractivity contribution is -0.128. The van der Waals surface area contributed by atoms with Crippen LogP contribution in [0.5, 0.6) is 0 Å². The first-order valence-electron chi connectivity index (χ1n) is 13.1. The van der Waals surface area contributed by atoms with Crippen LogP contribution in [0.1, 0.15) is 98.8 Å². The molecule has 0 heterocycles. The van der Waals surface area contributed by atoms with E-state index in [1.165, 1.54) is 56.9 Å². The molecule has 0 aliphatic rings. The molecule has 0 bridgehead atoms. The Hall–Kier alpha value is -0.500. The Kier molecular flexibility index (Phi) is 19.5. The molecule has 5 N–H and O–H groups in total. The van der Waals surface area contributed by atoms with Crippen LogP contribution in [0.15, 0.2) is 11.6 Å². The normalized spacial score (nSPS) is 18.2. The molecule has 0 spiro atoms. The highest BCUT2D eigenvalue weighted by molar-refractivity contribution is 4.97. The van der Waals surface area contributed by atoms with Gasteiger partial charge in [-0.2, -0.15) is 0 Å². The van der Waals surface area contributed by atoms with E-state index in [2.05, 4.69) is 40.7 Å². The SMILES string of the molecule is C/C(=C\CCOC[C@@H](O)[C@H](O)[C@@H](O)[C@@H](O)CO)CCCC(C)CCCC(C)CCCC(C)C. The fourth-order valence-electron chi connectivity index (χ4n) is 4.06. The summed E-state index contributed by atoms with van der Waals surface area (Å²) < 4.78 is 5.36. The molecule has 6 heteroatoms. The minimum Gasteiger partial charge on any atom is -0.394 e. The molecule has 0 saturated heterocycles. The molecular formula is C27H54O6. The van der Waals surface area contributed by atoms with Crippen LogP contribution in [0.3, 0.4) is 0 Å². The molecule has 198 valence electrons. The van der Waals surface area contributed by atoms with Crippen molar-refractivity contribution in [2.45, 2.75) is 123 Å². The highest BCUT2D eigenvalue weighted by Gasteiger charge is 2.29. The molecular weight excluding hydrogens is 420 g/mol. The van der Waals surface area contributed by atoms with E-state index in [0.717, 1.165) is 30.6 Å². The van der Waals surface area contributed by atoms with Gasteiger partial charge in [0.15, 0.2) is 0 Å². The zero-order valence-electron chi connectivity index (χ0n) is 22.0. The van der Waals surface area contributed by atoms with Crippen molar-refractivity contribution in [3.8, 4) is 0 Å². The lowest BCUT2D eigenvalue weighted by atomic mass is 9.91. The fraction of sp³-hybridized carbons (Fsp3) is 0.926. The van der Waals surface area contributed by atoms with Gasteiger partial charge in [0.25, 0.3) is 0 Å². The van der Waals surface area contributed by atoms with Gasteiger partial charge in [0.05, 0.1) is 19.8 Å². The maximum Gasteiger partial charge on any atom is 0.111 e. The zero-order chi connectivity index (χ0) is 25.2. The summed E-state index contributed by atoms with van der Waals surface area (Å²) in [6.45, 7) is 11.1. The summed E-state index contributed by atoms with van der Waals surface area (Å²) >= 11 is 0. The van der Waals surface area contributed by atoms with Gasteiger partial charge < -0.3 is 30.3 Å². The van der Waals surface area contributed by atoms with Gasteiger partial charge >= 0.3 is 0 Å². The zero-order valence-corrected chi connectivity index (χ0v) is 22.0. The molecule has 33 heavy (non-hydrogen) atoms. The summed E-state index contributed by atoms with van der Waals surface area (Å²) in [5.74, 6) is 2.45. The summed E-state index contributed by atoms with van der Waals surface area (Å²) in [4.78, 5) is 0. The number of ether oxygens (including phenoxy) is 1. The Morgan fingerprint density at radius 2 is 1.27 bits per heavy atom. The minimum absolute atomic E-state index is 0.142. The van der Waals surface area contributed by atoms with Gasteiger partial charge in [-0.05, 0) is 43.9 Å². The standard InChI is InChI=1S/C27H54O6/c1-20(2)10-6-11-21(3)12-7-13-22(4)14-8-15-23(5)16-9-17-33-19-25(30)27(32)26(31)24(29)18-28/h16,20-22,24-32H,6-15,17-19H2,1-5H3/b23-16+/t21?,22?,24-,25+,26-,27-/m0/s1. The van der Waals surface area contributed by atoms with Crippen LogP contribution in [-0.2, 0) is 4.74 Å². The Morgan fingerprint density at radius 1 is 0.758 bits per heavy atom. The third kappa shape index (κ3) is 17.6. The molecule has 0 aliphatic heterocycles. The molecule has 2 unspecified atom stereocenters. The predicted molar refractivity (Wildman–Crippen MR) is 135 cm³/mol. The monoisotopic (exact) mass is 474 g/mol. The van der Waals surface area contributed by atoms with E-state index in [9.17, 15) is 20.4 Å². The average Bonchev–Trinajstić information content (AvgIpc) is 2.76. The highest BCUT2D eigenvalue weighted by Crippen LogP contribution is 2.22. The Labute approximate surface area is 203 Å². The first-order chi connectivity index (χ1) is 15.6. The van der Waals surface area contributed by atoms with Crippen LogP contribution in [-0.4, -0.2) is 69.8 Å². The molecule has 0 aliphatic carbocycles. The van der Waals surface area contributed by atoms with Crippen molar-refractivity contribution in [3.63, 3.8) is 0 Å². The topological polar surface area (TPSA) is 110 Å². The second kappa shape index (κ2) is 19.8. The smallest absolute Gasteiger partial charge is 0.111 e. The van der Waals surface area contributed by atoms with Crippen LogP contribution in [0.4, 0.5) is 0 Å². The summed E-state index contributed by atoms with van der Waals surface area (Å²) in [6.07, 6.45) is 8.52. The molecule has 0 aromatic heterocycles. The second-order valence-electron chi connectivity index (χ2n) is 10.6. The predicted octanol–water partition coefficient (Wildman–Crippen LogP) is 4.21. The van der Waals surface area contributed by atoms with E-state index in [1.807, 2.05) is 0 Å². The van der Waals surface area contributed by atoms with Crippen molar-refractivity contribution >= 4 is 0 Å². The largest absolute Gasteiger partial charge is 0.394 e. The van der Waals surface area contributed by atoms with Crippen LogP contribution in [0.25, 0.3) is 0 Å². The van der Waals surface area contributed by atoms with Gasteiger partial charge in [0.1, 0.15) is 24.4 Å². The van der Waals surface area contributed by atoms with Crippen molar-refractivity contribution in [2.24, 2.45) is 17.8 Å². The number of aliphatic hydroxyl groups excluding tert-OH is 5. The Morgan fingerprint density at radius 3 is 1.82 bits per heavy atom. The maximum absolute atomic E-state index is 9.82. The molecule has 0 radical (unpaired) electrons. The average molecular weight is 475 g/mol. The second-order valence-corrected chi connectivity index (χ2v) is 10.6. The number of aliphatic hydroxyl groups is 5. The van der Waals surface area contributed by atoms with Crippen LogP contribution in [0, 0.1) is 17.8 Å². The van der Waals surface area contributed by atoms with Crippen LogP contribution in [0.2, 0.25) is 0 Å². The molecule has 6 atom stereocenters. The number of rotatable bonds is 21. The van der Waals surface area contributed by atoms with Crippen molar-refractivity contribution in [1.82, 2.24) is 0 Å². The first-order valence-corrected chi connectivity index (χ1v) is 13.1. The first kappa shape index (κ1) is 32.5. The van der Waals surface area contributed by atoms with E-state index in [4.69, 9.17) is 9.84 Å². The van der Waals surface area contributed by atoms with Crippen molar-refractivity contribution < 1.29 is 30.3 Å². The molecule has 6 nitrogen and oxygen atoms in total. The van der Waals surface area contributed by atoms with Crippen molar-refractivity contribution in [2.75, 3.05) is 19.8 Å². The summed E-state index contributed by atoms with van der Waals surface area (Å²) in [7, 11) is 0. The molecule has 0 aromatic carbocycles. The quantitative estimate of drug-likeness (QED) is 0.126. The van der Waals surface area contributed by atoms with Gasteiger partial charge in [0, 0.05) is 0 Å². The van der Waals surface area contributed by atoms with Gasteiger partial charge in [-0.15, -0.1) is 0 Å². The molecule has 0 aromatic rings. The summed E-state index contributed by atoms with van der Waals surface area (Å²) in [6, 6.07) is 0. The Bertz CT molecular complexity index is 481. The number of hydrogen-bond donors (Lipinski definition) is 5. The van der Waals surface area contributed by atoms with Gasteiger partial charge in [0.2, 0.25) is 0 Å². The number of allylic oxidation sites excluding steroid dienone is 1. The molecule has 0 rings (SSSR count). The van der Waals surface area contributed by atoms with E-state index >= 15 is 0 Å². The molecule has 0 saturated carbocycles. The maximum atomic E-state index is 9.82.